The summed E-state index contributed by atoms with van der Waals surface area (Å²) in [7, 11) is 2.80. The average Bonchev–Trinajstić information content (AvgIpc) is 1.68. The number of hydrogen-bond acceptors (Lipinski definition) is 3. The smallest absolute Gasteiger partial charge is 0.321 e. The van der Waals surface area contributed by atoms with Gasteiger partial charge >= 0.3 is 5.36 Å². The van der Waals surface area contributed by atoms with Gasteiger partial charge in [0, 0.05) is 0 Å². The molecule has 0 aliphatic rings. The maximum atomic E-state index is 5.17. The van der Waals surface area contributed by atoms with Gasteiger partial charge in [0.05, 0.1) is 7.11 Å². The fraction of sp³-hybridized carbons (Fsp3) is 0.667. The Hall–Kier alpha value is -0.440. The summed E-state index contributed by atoms with van der Waals surface area (Å²) in [6, 6.07) is 0. The molecule has 3 nitrogen and oxygen atoms in total. The van der Waals surface area contributed by atoms with Gasteiger partial charge in [-0.1, -0.05) is 0 Å². The van der Waals surface area contributed by atoms with Gasteiger partial charge in [-0.2, -0.15) is 0 Å². The van der Waals surface area contributed by atoms with Crippen molar-refractivity contribution in [3.05, 3.63) is 0 Å². The lowest BCUT2D eigenvalue weighted by atomic mass is 11.4. The molecule has 0 bridgehead atoms. The SMILES string of the molecule is CO/N=C(/Cl)OC. The maximum absolute atomic E-state index is 5.17. The number of methoxy groups -OCH3 is 1. The number of hydrogen-bond donors (Lipinski definition) is 0. The van der Waals surface area contributed by atoms with Crippen LogP contribution in [0.15, 0.2) is 5.16 Å². The van der Waals surface area contributed by atoms with E-state index < -0.39 is 0 Å². The zero-order chi connectivity index (χ0) is 5.70. The molecule has 0 N–H and O–H groups in total. The number of rotatable bonds is 1. The number of nitrogens with zero attached hydrogens (tertiary/aromatic N) is 1. The van der Waals surface area contributed by atoms with Crippen LogP contribution in [0.3, 0.4) is 0 Å². The molecule has 0 aromatic heterocycles. The number of ether oxygens (including phenoxy) is 1. The molecular formula is C3H6ClNO2. The fourth-order valence-corrected chi connectivity index (χ4v) is 0.178. The lowest BCUT2D eigenvalue weighted by Crippen LogP contribution is -1.88. The van der Waals surface area contributed by atoms with E-state index in [9.17, 15) is 0 Å². The molecule has 0 amide bonds. The summed E-state index contributed by atoms with van der Waals surface area (Å²) >= 11 is 5.17. The minimum atomic E-state index is 0.00231. The van der Waals surface area contributed by atoms with Gasteiger partial charge in [-0.25, -0.2) is 0 Å². The van der Waals surface area contributed by atoms with Gasteiger partial charge in [0.25, 0.3) is 0 Å². The molecule has 0 aromatic carbocycles. The van der Waals surface area contributed by atoms with E-state index >= 15 is 0 Å². The van der Waals surface area contributed by atoms with E-state index in [1.807, 2.05) is 0 Å². The van der Waals surface area contributed by atoms with E-state index in [1.165, 1.54) is 14.2 Å². The summed E-state index contributed by atoms with van der Waals surface area (Å²) in [4.78, 5) is 4.23. The summed E-state index contributed by atoms with van der Waals surface area (Å²) in [5.41, 5.74) is 0. The van der Waals surface area contributed by atoms with Crippen LogP contribution in [0.2, 0.25) is 0 Å². The van der Waals surface area contributed by atoms with Crippen molar-refractivity contribution < 1.29 is 9.57 Å². The molecule has 0 saturated heterocycles. The zero-order valence-electron chi connectivity index (χ0n) is 4.14. The van der Waals surface area contributed by atoms with Crippen molar-refractivity contribution in [2.75, 3.05) is 14.2 Å². The van der Waals surface area contributed by atoms with E-state index in [0.717, 1.165) is 0 Å². The third-order valence-corrected chi connectivity index (χ3v) is 0.555. The first-order valence-corrected chi connectivity index (χ1v) is 1.99. The van der Waals surface area contributed by atoms with Gasteiger partial charge < -0.3 is 9.57 Å². The highest BCUT2D eigenvalue weighted by Gasteiger charge is 1.84. The fourth-order valence-electron chi connectivity index (χ4n) is 0.109. The van der Waals surface area contributed by atoms with E-state index in [0.29, 0.717) is 0 Å². The Labute approximate surface area is 46.8 Å². The largest absolute Gasteiger partial charge is 0.470 e. The van der Waals surface area contributed by atoms with Crippen LogP contribution in [0.4, 0.5) is 0 Å². The minimum Gasteiger partial charge on any atom is -0.470 e. The second-order valence-electron chi connectivity index (χ2n) is 0.731. The van der Waals surface area contributed by atoms with Crippen LogP contribution in [-0.4, -0.2) is 19.6 Å². The standard InChI is InChI=1S/C3H6ClNO2/c1-6-3(4)5-7-2/h1-2H3/b5-3-. The lowest BCUT2D eigenvalue weighted by molar-refractivity contribution is 0.202. The summed E-state index contributed by atoms with van der Waals surface area (Å²) in [6.45, 7) is 0. The highest BCUT2D eigenvalue weighted by atomic mass is 35.5. The highest BCUT2D eigenvalue weighted by Crippen LogP contribution is 1.84. The Bertz CT molecular complexity index is 73.3. The third-order valence-electron chi connectivity index (χ3n) is 0.331. The van der Waals surface area contributed by atoms with Crippen molar-refractivity contribution >= 4 is 17.0 Å². The van der Waals surface area contributed by atoms with Crippen molar-refractivity contribution in [2.45, 2.75) is 0 Å². The first-order valence-electron chi connectivity index (χ1n) is 1.62. The monoisotopic (exact) mass is 123 g/mol. The Balaban J connectivity index is 3.29. The topological polar surface area (TPSA) is 30.8 Å². The summed E-state index contributed by atoms with van der Waals surface area (Å²) in [5, 5.41) is 3.21. The second kappa shape index (κ2) is 3.74. The molecule has 0 unspecified atom stereocenters. The van der Waals surface area contributed by atoms with Gasteiger partial charge in [-0.15, -0.1) is 0 Å². The second-order valence-corrected chi connectivity index (χ2v) is 1.05. The van der Waals surface area contributed by atoms with Crippen molar-refractivity contribution in [1.29, 1.82) is 0 Å². The zero-order valence-corrected chi connectivity index (χ0v) is 4.90. The van der Waals surface area contributed by atoms with Crippen LogP contribution in [-0.2, 0) is 9.57 Å². The number of halogens is 1. The van der Waals surface area contributed by atoms with Crippen molar-refractivity contribution in [3.63, 3.8) is 0 Å². The van der Waals surface area contributed by atoms with Crippen LogP contribution in [0.5, 0.6) is 0 Å². The van der Waals surface area contributed by atoms with Crippen LogP contribution >= 0.6 is 11.6 Å². The molecule has 0 rings (SSSR count). The van der Waals surface area contributed by atoms with Crippen LogP contribution in [0.25, 0.3) is 0 Å². The Morgan fingerprint density at radius 2 is 2.14 bits per heavy atom. The van der Waals surface area contributed by atoms with Crippen LogP contribution in [0, 0.1) is 0 Å². The first kappa shape index (κ1) is 6.56. The molecule has 7 heavy (non-hydrogen) atoms. The molecule has 0 radical (unpaired) electrons. The average molecular weight is 124 g/mol. The summed E-state index contributed by atoms with van der Waals surface area (Å²) in [6.07, 6.45) is 0. The molecule has 4 heteroatoms. The Morgan fingerprint density at radius 3 is 2.29 bits per heavy atom. The third kappa shape index (κ3) is 3.39. The van der Waals surface area contributed by atoms with Crippen molar-refractivity contribution in [3.8, 4) is 0 Å². The maximum Gasteiger partial charge on any atom is 0.321 e. The van der Waals surface area contributed by atoms with Gasteiger partial charge in [-0.05, 0) is 16.8 Å². The molecule has 0 heterocycles. The predicted octanol–water partition coefficient (Wildman–Crippen LogP) is 0.789. The van der Waals surface area contributed by atoms with Crippen molar-refractivity contribution in [1.82, 2.24) is 0 Å². The normalized spacial score (nSPS) is 11.0. The van der Waals surface area contributed by atoms with Crippen LogP contribution in [0.1, 0.15) is 0 Å². The van der Waals surface area contributed by atoms with Crippen LogP contribution < -0.4 is 0 Å². The molecule has 0 aromatic rings. The van der Waals surface area contributed by atoms with E-state index in [1.54, 1.807) is 0 Å². The Kier molecular flexibility index (Phi) is 3.50. The van der Waals surface area contributed by atoms with Gasteiger partial charge in [-0.3, -0.25) is 0 Å². The lowest BCUT2D eigenvalue weighted by Gasteiger charge is -1.89. The highest BCUT2D eigenvalue weighted by molar-refractivity contribution is 6.62. The summed E-state index contributed by atoms with van der Waals surface area (Å²) < 4.78 is 4.38. The molecule has 0 fully saturated rings. The predicted molar refractivity (Wildman–Crippen MR) is 27.3 cm³/mol. The molecule has 0 aliphatic heterocycles. The Morgan fingerprint density at radius 1 is 1.57 bits per heavy atom. The van der Waals surface area contributed by atoms with Crippen molar-refractivity contribution in [2.24, 2.45) is 5.16 Å². The van der Waals surface area contributed by atoms with Gasteiger partial charge in [0.2, 0.25) is 0 Å². The molecule has 42 valence electrons. The number of oxime groups is 1. The van der Waals surface area contributed by atoms with Gasteiger partial charge in [0.15, 0.2) is 0 Å². The molecular weight excluding hydrogens is 117 g/mol. The van der Waals surface area contributed by atoms with E-state index in [2.05, 4.69) is 14.7 Å². The van der Waals surface area contributed by atoms with E-state index in [-0.39, 0.29) is 5.36 Å². The van der Waals surface area contributed by atoms with Gasteiger partial charge in [0.1, 0.15) is 7.11 Å². The summed E-state index contributed by atoms with van der Waals surface area (Å²) in [5.74, 6) is 0. The quantitative estimate of drug-likeness (QED) is 0.293. The molecule has 0 spiro atoms. The molecule has 0 aliphatic carbocycles. The molecule has 0 saturated carbocycles. The first-order chi connectivity index (χ1) is 3.31. The molecule has 0 atom stereocenters. The minimum absolute atomic E-state index is 0.00231. The van der Waals surface area contributed by atoms with E-state index in [4.69, 9.17) is 11.6 Å².